The Morgan fingerprint density at radius 2 is 2.00 bits per heavy atom. The van der Waals surface area contributed by atoms with Crippen molar-refractivity contribution in [1.29, 1.82) is 0 Å². The predicted molar refractivity (Wildman–Crippen MR) is 29.5 cm³/mol. The molecule has 1 radical (unpaired) electrons. The summed E-state index contributed by atoms with van der Waals surface area (Å²) in [6.07, 6.45) is -0.480. The Kier molecular flexibility index (Phi) is 5.15. The van der Waals surface area contributed by atoms with E-state index < -0.39 is 6.29 Å². The molecule has 0 aromatic rings. The van der Waals surface area contributed by atoms with Crippen molar-refractivity contribution in [3.8, 4) is 0 Å². The molecule has 0 fully saturated rings. The van der Waals surface area contributed by atoms with Crippen LogP contribution in [0, 0.1) is 0 Å². The van der Waals surface area contributed by atoms with Crippen LogP contribution in [-0.2, 0) is 19.0 Å². The molecule has 0 N–H and O–H groups in total. The Balaban J connectivity index is 3.19. The van der Waals surface area contributed by atoms with Crippen molar-refractivity contribution in [1.82, 2.24) is 0 Å². The Bertz CT molecular complexity index is 69.4. The molecule has 0 saturated carbocycles. The summed E-state index contributed by atoms with van der Waals surface area (Å²) in [6.45, 7) is 1.34. The van der Waals surface area contributed by atoms with Gasteiger partial charge in [-0.1, -0.05) is 0 Å². The molecule has 0 bridgehead atoms. The number of ether oxygens (including phenoxy) is 3. The SMILES string of the molecule is COC(CO[C]=O)OC. The summed E-state index contributed by atoms with van der Waals surface area (Å²) >= 11 is 0. The molecule has 0 saturated heterocycles. The highest BCUT2D eigenvalue weighted by Crippen LogP contribution is 1.88. The average molecular weight is 133 g/mol. The van der Waals surface area contributed by atoms with Crippen LogP contribution in [0.3, 0.4) is 0 Å². The van der Waals surface area contributed by atoms with E-state index in [0.29, 0.717) is 0 Å². The second kappa shape index (κ2) is 5.53. The molecule has 9 heavy (non-hydrogen) atoms. The van der Waals surface area contributed by atoms with Crippen molar-refractivity contribution in [2.75, 3.05) is 20.8 Å². The Hall–Kier alpha value is -0.610. The van der Waals surface area contributed by atoms with E-state index in [9.17, 15) is 4.79 Å². The van der Waals surface area contributed by atoms with Gasteiger partial charge in [0.2, 0.25) is 0 Å². The largest absolute Gasteiger partial charge is 0.452 e. The Labute approximate surface area is 53.7 Å². The molecule has 0 heterocycles. The monoisotopic (exact) mass is 133 g/mol. The first-order valence-corrected chi connectivity index (χ1v) is 2.39. The van der Waals surface area contributed by atoms with Crippen molar-refractivity contribution in [2.45, 2.75) is 6.29 Å². The molecule has 0 rings (SSSR count). The van der Waals surface area contributed by atoms with Crippen LogP contribution in [0.25, 0.3) is 0 Å². The van der Waals surface area contributed by atoms with Gasteiger partial charge in [0, 0.05) is 14.2 Å². The summed E-state index contributed by atoms with van der Waals surface area (Å²) in [7, 11) is 2.92. The van der Waals surface area contributed by atoms with E-state index in [1.165, 1.54) is 20.7 Å². The highest BCUT2D eigenvalue weighted by molar-refractivity contribution is 5.38. The van der Waals surface area contributed by atoms with Crippen LogP contribution in [0.2, 0.25) is 0 Å². The van der Waals surface area contributed by atoms with Gasteiger partial charge in [0.1, 0.15) is 6.61 Å². The van der Waals surface area contributed by atoms with Crippen molar-refractivity contribution in [3.05, 3.63) is 0 Å². The molecule has 0 aliphatic rings. The van der Waals surface area contributed by atoms with Crippen LogP contribution >= 0.6 is 0 Å². The standard InChI is InChI=1S/C5H9O4/c1-7-5(8-2)3-9-4-6/h5H,3H2,1-2H3. The van der Waals surface area contributed by atoms with E-state index in [1.54, 1.807) is 0 Å². The summed E-state index contributed by atoms with van der Waals surface area (Å²) in [5, 5.41) is 0. The van der Waals surface area contributed by atoms with Gasteiger partial charge in [-0.25, -0.2) is 4.79 Å². The Morgan fingerprint density at radius 3 is 2.33 bits per heavy atom. The van der Waals surface area contributed by atoms with Crippen molar-refractivity contribution in [2.24, 2.45) is 0 Å². The minimum absolute atomic E-state index is 0.0799. The molecule has 0 spiro atoms. The topological polar surface area (TPSA) is 44.8 Å². The quantitative estimate of drug-likeness (QED) is 0.482. The highest BCUT2D eigenvalue weighted by Gasteiger charge is 2.03. The average Bonchev–Trinajstić information content (AvgIpc) is 1.91. The maximum atomic E-state index is 9.48. The molecule has 0 unspecified atom stereocenters. The molecule has 0 aromatic heterocycles. The maximum Gasteiger partial charge on any atom is 0.417 e. The molecule has 0 aliphatic heterocycles. The van der Waals surface area contributed by atoms with E-state index in [0.717, 1.165) is 0 Å². The van der Waals surface area contributed by atoms with Gasteiger partial charge in [0.05, 0.1) is 0 Å². The molecular weight excluding hydrogens is 124 g/mol. The summed E-state index contributed by atoms with van der Waals surface area (Å²) in [5.74, 6) is 0. The smallest absolute Gasteiger partial charge is 0.417 e. The number of hydrogen-bond acceptors (Lipinski definition) is 4. The van der Waals surface area contributed by atoms with Gasteiger partial charge in [-0.3, -0.25) is 0 Å². The highest BCUT2D eigenvalue weighted by atomic mass is 16.7. The maximum absolute atomic E-state index is 9.48. The van der Waals surface area contributed by atoms with Gasteiger partial charge in [0.15, 0.2) is 6.29 Å². The lowest BCUT2D eigenvalue weighted by Crippen LogP contribution is -2.19. The third-order valence-corrected chi connectivity index (χ3v) is 0.804. The van der Waals surface area contributed by atoms with Crippen molar-refractivity contribution < 1.29 is 19.0 Å². The number of methoxy groups -OCH3 is 2. The van der Waals surface area contributed by atoms with Gasteiger partial charge in [-0.05, 0) is 0 Å². The van der Waals surface area contributed by atoms with Crippen molar-refractivity contribution in [3.63, 3.8) is 0 Å². The van der Waals surface area contributed by atoms with Crippen LogP contribution in [0.4, 0.5) is 0 Å². The third-order valence-electron chi connectivity index (χ3n) is 0.804. The van der Waals surface area contributed by atoms with Gasteiger partial charge in [0.25, 0.3) is 0 Å². The summed E-state index contributed by atoms with van der Waals surface area (Å²) < 4.78 is 13.6. The number of carbonyl (C=O) groups excluding carboxylic acids is 1. The zero-order chi connectivity index (χ0) is 7.11. The first-order chi connectivity index (χ1) is 4.35. The minimum Gasteiger partial charge on any atom is -0.452 e. The van der Waals surface area contributed by atoms with E-state index in [4.69, 9.17) is 0 Å². The number of hydrogen-bond donors (Lipinski definition) is 0. The molecule has 53 valence electrons. The fourth-order valence-corrected chi connectivity index (χ4v) is 0.334. The predicted octanol–water partition coefficient (Wildman–Crippen LogP) is -0.311. The van der Waals surface area contributed by atoms with Gasteiger partial charge in [-0.15, -0.1) is 0 Å². The van der Waals surface area contributed by atoms with Crippen LogP contribution in [0.5, 0.6) is 0 Å². The fraction of sp³-hybridized carbons (Fsp3) is 0.800. The summed E-state index contributed by atoms with van der Waals surface area (Å²) in [4.78, 5) is 9.48. The molecule has 0 atom stereocenters. The minimum atomic E-state index is -0.480. The van der Waals surface area contributed by atoms with Crippen LogP contribution < -0.4 is 0 Å². The number of rotatable bonds is 5. The zero-order valence-corrected chi connectivity index (χ0v) is 5.42. The van der Waals surface area contributed by atoms with Gasteiger partial charge < -0.3 is 14.2 Å². The molecule has 4 nitrogen and oxygen atoms in total. The first-order valence-electron chi connectivity index (χ1n) is 2.39. The van der Waals surface area contributed by atoms with Crippen LogP contribution in [-0.4, -0.2) is 33.6 Å². The normalized spacial score (nSPS) is 9.67. The van der Waals surface area contributed by atoms with E-state index in [2.05, 4.69) is 14.2 Å². The zero-order valence-electron chi connectivity index (χ0n) is 5.42. The molecule has 0 amide bonds. The summed E-state index contributed by atoms with van der Waals surface area (Å²) in [5.41, 5.74) is 0. The first kappa shape index (κ1) is 8.39. The molecule has 0 aromatic carbocycles. The summed E-state index contributed by atoms with van der Waals surface area (Å²) in [6, 6.07) is 0. The van der Waals surface area contributed by atoms with Crippen molar-refractivity contribution >= 4 is 6.47 Å². The molecule has 4 heteroatoms. The van der Waals surface area contributed by atoms with Gasteiger partial charge in [-0.2, -0.15) is 0 Å². The second-order valence-corrected chi connectivity index (χ2v) is 1.30. The lowest BCUT2D eigenvalue weighted by Gasteiger charge is -2.09. The van der Waals surface area contributed by atoms with E-state index in [-0.39, 0.29) is 6.61 Å². The molecule has 0 aliphatic carbocycles. The lowest BCUT2D eigenvalue weighted by atomic mass is 10.7. The fourth-order valence-electron chi connectivity index (χ4n) is 0.334. The van der Waals surface area contributed by atoms with Gasteiger partial charge >= 0.3 is 6.47 Å². The Morgan fingerprint density at radius 1 is 1.44 bits per heavy atom. The molecular formula is C5H9O4. The lowest BCUT2D eigenvalue weighted by molar-refractivity contribution is -0.124. The van der Waals surface area contributed by atoms with Crippen LogP contribution in [0.15, 0.2) is 0 Å². The van der Waals surface area contributed by atoms with Crippen LogP contribution in [0.1, 0.15) is 0 Å². The third kappa shape index (κ3) is 3.93. The second-order valence-electron chi connectivity index (χ2n) is 1.30. The van der Waals surface area contributed by atoms with E-state index in [1.807, 2.05) is 0 Å². The van der Waals surface area contributed by atoms with E-state index >= 15 is 0 Å².